The van der Waals surface area contributed by atoms with Gasteiger partial charge in [-0.25, -0.2) is 16.8 Å². The highest BCUT2D eigenvalue weighted by molar-refractivity contribution is 7.92. The summed E-state index contributed by atoms with van der Waals surface area (Å²) in [5.41, 5.74) is 0.985. The zero-order valence-electron chi connectivity index (χ0n) is 14.2. The van der Waals surface area contributed by atoms with Gasteiger partial charge in [-0.15, -0.1) is 0 Å². The zero-order valence-corrected chi connectivity index (χ0v) is 15.9. The number of methoxy groups -OCH3 is 2. The Hall–Kier alpha value is -2.26. The number of rotatable bonds is 6. The van der Waals surface area contributed by atoms with E-state index in [1.807, 2.05) is 0 Å². The molecule has 0 saturated heterocycles. The van der Waals surface area contributed by atoms with Crippen LogP contribution >= 0.6 is 0 Å². The Labute approximate surface area is 147 Å². The van der Waals surface area contributed by atoms with Crippen LogP contribution in [0.15, 0.2) is 46.2 Å². The van der Waals surface area contributed by atoms with E-state index in [4.69, 9.17) is 9.47 Å². The first-order valence-corrected chi connectivity index (χ1v) is 10.5. The monoisotopic (exact) mass is 385 g/mol. The van der Waals surface area contributed by atoms with Crippen LogP contribution in [0.3, 0.4) is 0 Å². The van der Waals surface area contributed by atoms with Gasteiger partial charge in [-0.3, -0.25) is 4.72 Å². The molecule has 136 valence electrons. The molecule has 0 spiro atoms. The lowest BCUT2D eigenvalue weighted by Crippen LogP contribution is -2.14. The van der Waals surface area contributed by atoms with Gasteiger partial charge in [0.25, 0.3) is 10.0 Å². The maximum absolute atomic E-state index is 12.5. The van der Waals surface area contributed by atoms with Crippen molar-refractivity contribution in [2.24, 2.45) is 0 Å². The van der Waals surface area contributed by atoms with Crippen LogP contribution in [0.5, 0.6) is 11.5 Å². The van der Waals surface area contributed by atoms with Crippen molar-refractivity contribution in [2.75, 3.05) is 25.2 Å². The van der Waals surface area contributed by atoms with Gasteiger partial charge in [-0.05, 0) is 42.8 Å². The van der Waals surface area contributed by atoms with Gasteiger partial charge in [-0.2, -0.15) is 0 Å². The molecule has 0 bridgehead atoms. The SMILES string of the molecule is COc1cc(C)c(NS(=O)(=O)c2ccc(S(C)(=O)=O)cc2)cc1OC. The number of benzene rings is 2. The molecular weight excluding hydrogens is 366 g/mol. The van der Waals surface area contributed by atoms with Gasteiger partial charge in [0.2, 0.25) is 0 Å². The van der Waals surface area contributed by atoms with Crippen molar-refractivity contribution in [3.05, 3.63) is 42.0 Å². The van der Waals surface area contributed by atoms with E-state index in [1.165, 1.54) is 44.6 Å². The first-order chi connectivity index (χ1) is 11.6. The van der Waals surface area contributed by atoms with Gasteiger partial charge in [-0.1, -0.05) is 0 Å². The van der Waals surface area contributed by atoms with E-state index >= 15 is 0 Å². The highest BCUT2D eigenvalue weighted by Crippen LogP contribution is 2.33. The second-order valence-corrected chi connectivity index (χ2v) is 9.07. The van der Waals surface area contributed by atoms with E-state index in [1.54, 1.807) is 13.0 Å². The minimum atomic E-state index is -3.88. The first kappa shape index (κ1) is 19.1. The fraction of sp³-hybridized carbons (Fsp3) is 0.250. The van der Waals surface area contributed by atoms with Crippen molar-refractivity contribution in [2.45, 2.75) is 16.7 Å². The summed E-state index contributed by atoms with van der Waals surface area (Å²) in [4.78, 5) is 0.00262. The molecule has 0 aliphatic rings. The van der Waals surface area contributed by atoms with E-state index in [0.717, 1.165) is 6.26 Å². The molecular formula is C16H19NO6S2. The van der Waals surface area contributed by atoms with Gasteiger partial charge in [0.1, 0.15) is 0 Å². The Bertz CT molecular complexity index is 980. The molecule has 0 radical (unpaired) electrons. The number of aryl methyl sites for hydroxylation is 1. The van der Waals surface area contributed by atoms with Gasteiger partial charge >= 0.3 is 0 Å². The molecule has 0 atom stereocenters. The maximum Gasteiger partial charge on any atom is 0.261 e. The topological polar surface area (TPSA) is 98.8 Å². The predicted octanol–water partition coefficient (Wildman–Crippen LogP) is 2.22. The number of sulfonamides is 1. The Morgan fingerprint density at radius 1 is 0.840 bits per heavy atom. The van der Waals surface area contributed by atoms with Crippen LogP contribution in [0.1, 0.15) is 5.56 Å². The Morgan fingerprint density at radius 3 is 1.80 bits per heavy atom. The summed E-state index contributed by atoms with van der Waals surface area (Å²) < 4.78 is 60.8. The lowest BCUT2D eigenvalue weighted by molar-refractivity contribution is 0.355. The number of hydrogen-bond donors (Lipinski definition) is 1. The summed E-state index contributed by atoms with van der Waals surface area (Å²) in [6.45, 7) is 1.73. The first-order valence-electron chi connectivity index (χ1n) is 7.14. The molecule has 9 heteroatoms. The zero-order chi connectivity index (χ0) is 18.8. The fourth-order valence-electron chi connectivity index (χ4n) is 2.16. The second-order valence-electron chi connectivity index (χ2n) is 5.37. The van der Waals surface area contributed by atoms with Crippen LogP contribution in [0.25, 0.3) is 0 Å². The summed E-state index contributed by atoms with van der Waals surface area (Å²) in [5, 5.41) is 0. The minimum absolute atomic E-state index is 0.0471. The van der Waals surface area contributed by atoms with E-state index < -0.39 is 19.9 Å². The highest BCUT2D eigenvalue weighted by Gasteiger charge is 2.18. The average Bonchev–Trinajstić information content (AvgIpc) is 2.55. The molecule has 2 rings (SSSR count). The van der Waals surface area contributed by atoms with Crippen molar-refractivity contribution >= 4 is 25.5 Å². The van der Waals surface area contributed by atoms with E-state index in [-0.39, 0.29) is 9.79 Å². The maximum atomic E-state index is 12.5. The molecule has 2 aromatic carbocycles. The molecule has 2 aromatic rings. The molecule has 0 aliphatic heterocycles. The summed E-state index contributed by atoms with van der Waals surface area (Å²) in [7, 11) is -4.33. The van der Waals surface area contributed by atoms with Gasteiger partial charge in [0, 0.05) is 12.3 Å². The Balaban J connectivity index is 2.39. The molecule has 0 aliphatic carbocycles. The van der Waals surface area contributed by atoms with E-state index in [2.05, 4.69) is 4.72 Å². The predicted molar refractivity (Wildman–Crippen MR) is 94.6 cm³/mol. The van der Waals surface area contributed by atoms with Crippen molar-refractivity contribution in [3.63, 3.8) is 0 Å². The Morgan fingerprint density at radius 2 is 1.32 bits per heavy atom. The van der Waals surface area contributed by atoms with Crippen LogP contribution in [0, 0.1) is 6.92 Å². The summed E-state index contributed by atoms with van der Waals surface area (Å²) in [6, 6.07) is 8.18. The van der Waals surface area contributed by atoms with Crippen LogP contribution in [-0.4, -0.2) is 37.3 Å². The van der Waals surface area contributed by atoms with Crippen molar-refractivity contribution in [1.82, 2.24) is 0 Å². The minimum Gasteiger partial charge on any atom is -0.493 e. The molecule has 0 amide bonds. The third-order valence-corrected chi connectivity index (χ3v) is 6.05. The lowest BCUT2D eigenvalue weighted by atomic mass is 10.2. The quantitative estimate of drug-likeness (QED) is 0.819. The molecule has 0 heterocycles. The molecule has 0 fully saturated rings. The van der Waals surface area contributed by atoms with Crippen molar-refractivity contribution in [3.8, 4) is 11.5 Å². The summed E-state index contributed by atoms with van der Waals surface area (Å²) >= 11 is 0. The molecule has 7 nitrogen and oxygen atoms in total. The number of hydrogen-bond acceptors (Lipinski definition) is 6. The lowest BCUT2D eigenvalue weighted by Gasteiger charge is -2.14. The second kappa shape index (κ2) is 6.93. The summed E-state index contributed by atoms with van der Waals surface area (Å²) in [6.07, 6.45) is 1.06. The van der Waals surface area contributed by atoms with Gasteiger partial charge in [0.15, 0.2) is 21.3 Å². The third kappa shape index (κ3) is 4.23. The summed E-state index contributed by atoms with van der Waals surface area (Å²) in [5.74, 6) is 0.874. The molecule has 1 N–H and O–H groups in total. The average molecular weight is 385 g/mol. The van der Waals surface area contributed by atoms with Crippen LogP contribution < -0.4 is 14.2 Å². The normalized spacial score (nSPS) is 11.8. The van der Waals surface area contributed by atoms with Crippen LogP contribution in [0.2, 0.25) is 0 Å². The van der Waals surface area contributed by atoms with Crippen molar-refractivity contribution in [1.29, 1.82) is 0 Å². The van der Waals surface area contributed by atoms with Crippen LogP contribution in [0.4, 0.5) is 5.69 Å². The van der Waals surface area contributed by atoms with Gasteiger partial charge < -0.3 is 9.47 Å². The highest BCUT2D eigenvalue weighted by atomic mass is 32.2. The number of nitrogens with one attached hydrogen (secondary N) is 1. The third-order valence-electron chi connectivity index (χ3n) is 3.54. The van der Waals surface area contributed by atoms with E-state index in [9.17, 15) is 16.8 Å². The number of sulfone groups is 1. The molecule has 25 heavy (non-hydrogen) atoms. The smallest absolute Gasteiger partial charge is 0.261 e. The largest absolute Gasteiger partial charge is 0.493 e. The fourth-order valence-corrected chi connectivity index (χ4v) is 3.91. The van der Waals surface area contributed by atoms with Crippen LogP contribution in [-0.2, 0) is 19.9 Å². The number of ether oxygens (including phenoxy) is 2. The Kier molecular flexibility index (Phi) is 5.28. The standard InChI is InChI=1S/C16H19NO6S2/c1-11-9-15(22-2)16(23-3)10-14(11)17-25(20,21)13-7-5-12(6-8-13)24(4,18)19/h5-10,17H,1-4H3. The molecule has 0 unspecified atom stereocenters. The molecule has 0 aromatic heterocycles. The van der Waals surface area contributed by atoms with Crippen molar-refractivity contribution < 1.29 is 26.3 Å². The molecule has 0 saturated carbocycles. The van der Waals surface area contributed by atoms with E-state index in [0.29, 0.717) is 22.7 Å². The number of anilines is 1. The van der Waals surface area contributed by atoms with Gasteiger partial charge in [0.05, 0.1) is 29.7 Å².